The maximum absolute atomic E-state index is 12.1. The third kappa shape index (κ3) is 9.64. The zero-order chi connectivity index (χ0) is 9.45. The summed E-state index contributed by atoms with van der Waals surface area (Å²) in [5, 5.41) is 0. The molecule has 12 heavy (non-hydrogen) atoms. The maximum atomic E-state index is 12.1. The number of hydrogen-bond donors (Lipinski definition) is 0. The molecule has 0 aliphatic rings. The summed E-state index contributed by atoms with van der Waals surface area (Å²) in [4.78, 5) is -2.92. The maximum Gasteiger partial charge on any atom is 0.320 e. The minimum atomic E-state index is -2.92. The van der Waals surface area contributed by atoms with E-state index in [2.05, 4.69) is 34.7 Å². The van der Waals surface area contributed by atoms with E-state index in [4.69, 9.17) is 0 Å². The molecule has 3 heteroatoms. The molecule has 0 aliphatic carbocycles. The van der Waals surface area contributed by atoms with E-state index in [1.54, 1.807) is 0 Å². The van der Waals surface area contributed by atoms with Crippen LogP contribution < -0.4 is 0 Å². The summed E-state index contributed by atoms with van der Waals surface area (Å²) in [6.07, 6.45) is 4.77. The van der Waals surface area contributed by atoms with Gasteiger partial charge in [0.1, 0.15) is 0 Å². The van der Waals surface area contributed by atoms with E-state index in [1.807, 2.05) is 0 Å². The zero-order valence-corrected chi connectivity index (χ0v) is 8.50. The highest BCUT2D eigenvalue weighted by molar-refractivity contribution is 9.10. The highest BCUT2D eigenvalue weighted by atomic mass is 79.9. The van der Waals surface area contributed by atoms with E-state index in [0.717, 1.165) is 25.3 Å². The molecule has 0 fully saturated rings. The molecule has 0 saturated carbocycles. The fraction of sp³-hybridized carbons (Fsp3) is 0.556. The molecular weight excluding hydrogens is 226 g/mol. The summed E-state index contributed by atoms with van der Waals surface area (Å²) in [5.41, 5.74) is 0. The molecule has 0 spiro atoms. The average Bonchev–Trinajstić information content (AvgIpc) is 1.94. The summed E-state index contributed by atoms with van der Waals surface area (Å²) in [6.45, 7) is 2.06. The van der Waals surface area contributed by atoms with E-state index >= 15 is 0 Å². The molecule has 0 N–H and O–H groups in total. The van der Waals surface area contributed by atoms with Crippen LogP contribution in [0.5, 0.6) is 0 Å². The van der Waals surface area contributed by atoms with Gasteiger partial charge in [0.25, 0.3) is 0 Å². The van der Waals surface area contributed by atoms with Crippen LogP contribution in [0.3, 0.4) is 0 Å². The number of rotatable bonds is 3. The molecule has 0 amide bonds. The second kappa shape index (κ2) is 6.19. The lowest BCUT2D eigenvalue weighted by molar-refractivity contribution is 0.171. The lowest BCUT2D eigenvalue weighted by Crippen LogP contribution is -1.96. The number of halogens is 3. The summed E-state index contributed by atoms with van der Waals surface area (Å²) in [6, 6.07) is 0. The predicted molar refractivity (Wildman–Crippen MR) is 50.3 cm³/mol. The largest absolute Gasteiger partial charge is 0.320 e. The fourth-order valence-corrected chi connectivity index (χ4v) is 0.665. The monoisotopic (exact) mass is 236 g/mol. The molecule has 0 aromatic carbocycles. The van der Waals surface area contributed by atoms with E-state index in [0.29, 0.717) is 0 Å². The Morgan fingerprint density at radius 2 is 2.17 bits per heavy atom. The Labute approximate surface area is 80.2 Å². The predicted octanol–water partition coefficient (Wildman–Crippen LogP) is 3.72. The second-order valence-electron chi connectivity index (χ2n) is 2.30. The van der Waals surface area contributed by atoms with Gasteiger partial charge in [0.15, 0.2) is 0 Å². The van der Waals surface area contributed by atoms with Gasteiger partial charge < -0.3 is 0 Å². The Morgan fingerprint density at radius 1 is 1.50 bits per heavy atom. The number of allylic oxidation sites excluding steroid dienone is 2. The molecule has 0 radical (unpaired) electrons. The van der Waals surface area contributed by atoms with Crippen molar-refractivity contribution in [3.8, 4) is 11.8 Å². The first-order valence-corrected chi connectivity index (χ1v) is 4.58. The van der Waals surface area contributed by atoms with Gasteiger partial charge in [-0.25, -0.2) is 0 Å². The molecule has 0 bridgehead atoms. The molecule has 0 unspecified atom stereocenters. The van der Waals surface area contributed by atoms with E-state index in [9.17, 15) is 8.78 Å². The SMILES string of the molecule is CCCCC#C/C=C/C(F)(F)Br. The molecule has 0 atom stereocenters. The quantitative estimate of drug-likeness (QED) is 0.398. The van der Waals surface area contributed by atoms with Crippen molar-refractivity contribution in [2.45, 2.75) is 31.0 Å². The Morgan fingerprint density at radius 3 is 2.67 bits per heavy atom. The topological polar surface area (TPSA) is 0 Å². The van der Waals surface area contributed by atoms with Crippen LogP contribution in [0, 0.1) is 11.8 Å². The van der Waals surface area contributed by atoms with Crippen LogP contribution in [-0.2, 0) is 0 Å². The van der Waals surface area contributed by atoms with Crippen LogP contribution in [0.25, 0.3) is 0 Å². The van der Waals surface area contributed by atoms with Crippen molar-refractivity contribution in [3.63, 3.8) is 0 Å². The molecule has 0 aliphatic heterocycles. The van der Waals surface area contributed by atoms with Crippen molar-refractivity contribution in [1.29, 1.82) is 0 Å². The van der Waals surface area contributed by atoms with Crippen molar-refractivity contribution >= 4 is 15.9 Å². The van der Waals surface area contributed by atoms with Gasteiger partial charge in [0.2, 0.25) is 0 Å². The fourth-order valence-electron chi connectivity index (χ4n) is 0.532. The van der Waals surface area contributed by atoms with Crippen LogP contribution in [0.4, 0.5) is 8.78 Å². The summed E-state index contributed by atoms with van der Waals surface area (Å²) in [5.74, 6) is 5.30. The van der Waals surface area contributed by atoms with Gasteiger partial charge in [-0.3, -0.25) is 0 Å². The summed E-state index contributed by atoms with van der Waals surface area (Å²) < 4.78 is 24.1. The van der Waals surface area contributed by atoms with Crippen LogP contribution >= 0.6 is 15.9 Å². The highest BCUT2D eigenvalue weighted by Crippen LogP contribution is 2.22. The van der Waals surface area contributed by atoms with Gasteiger partial charge in [0.05, 0.1) is 0 Å². The minimum absolute atomic E-state index is 0.728. The first-order valence-electron chi connectivity index (χ1n) is 3.79. The third-order valence-electron chi connectivity index (χ3n) is 1.11. The first-order chi connectivity index (χ1) is 5.56. The van der Waals surface area contributed by atoms with E-state index in [-0.39, 0.29) is 0 Å². The first kappa shape index (κ1) is 11.6. The van der Waals surface area contributed by atoms with Crippen molar-refractivity contribution in [1.82, 2.24) is 0 Å². The molecule has 0 saturated heterocycles. The van der Waals surface area contributed by atoms with Crippen LogP contribution in [0.2, 0.25) is 0 Å². The molecule has 0 aromatic rings. The van der Waals surface area contributed by atoms with Gasteiger partial charge in [-0.05, 0) is 28.4 Å². The second-order valence-corrected chi connectivity index (χ2v) is 3.36. The number of hydrogen-bond acceptors (Lipinski definition) is 0. The van der Waals surface area contributed by atoms with Crippen molar-refractivity contribution in [3.05, 3.63) is 12.2 Å². The number of unbranched alkanes of at least 4 members (excludes halogenated alkanes) is 2. The standard InChI is InChI=1S/C9H11BrF2/c1-2-3-4-5-6-7-8-9(10,11)12/h7-8H,2-4H2,1H3/b8-7+. The Kier molecular flexibility index (Phi) is 6.00. The Bertz CT molecular complexity index is 193. The van der Waals surface area contributed by atoms with Gasteiger partial charge in [-0.2, -0.15) is 8.78 Å². The normalized spacial score (nSPS) is 11.3. The highest BCUT2D eigenvalue weighted by Gasteiger charge is 2.17. The average molecular weight is 237 g/mol. The third-order valence-corrected chi connectivity index (χ3v) is 1.38. The summed E-state index contributed by atoms with van der Waals surface area (Å²) >= 11 is 2.17. The van der Waals surface area contributed by atoms with Crippen LogP contribution in [0.15, 0.2) is 12.2 Å². The molecule has 68 valence electrons. The molecule has 0 rings (SSSR count). The van der Waals surface area contributed by atoms with Gasteiger partial charge in [-0.15, -0.1) is 0 Å². The molecule has 0 nitrogen and oxygen atoms in total. The van der Waals surface area contributed by atoms with Crippen LogP contribution in [-0.4, -0.2) is 4.83 Å². The van der Waals surface area contributed by atoms with Crippen LogP contribution in [0.1, 0.15) is 26.2 Å². The lowest BCUT2D eigenvalue weighted by Gasteiger charge is -1.96. The molecule has 0 heterocycles. The Balaban J connectivity index is 3.63. The minimum Gasteiger partial charge on any atom is -0.189 e. The van der Waals surface area contributed by atoms with E-state index < -0.39 is 4.83 Å². The molecular formula is C9H11BrF2. The van der Waals surface area contributed by atoms with Crippen molar-refractivity contribution < 1.29 is 8.78 Å². The summed E-state index contributed by atoms with van der Waals surface area (Å²) in [7, 11) is 0. The number of alkyl halides is 3. The van der Waals surface area contributed by atoms with Gasteiger partial charge in [0, 0.05) is 12.5 Å². The van der Waals surface area contributed by atoms with Gasteiger partial charge in [-0.1, -0.05) is 25.2 Å². The smallest absolute Gasteiger partial charge is 0.189 e. The zero-order valence-electron chi connectivity index (χ0n) is 6.91. The van der Waals surface area contributed by atoms with E-state index in [1.165, 1.54) is 6.08 Å². The lowest BCUT2D eigenvalue weighted by atomic mass is 10.2. The van der Waals surface area contributed by atoms with Crippen molar-refractivity contribution in [2.24, 2.45) is 0 Å². The van der Waals surface area contributed by atoms with Gasteiger partial charge >= 0.3 is 4.83 Å². The Hall–Kier alpha value is -0.360. The molecule has 0 aromatic heterocycles. The van der Waals surface area contributed by atoms with Crippen molar-refractivity contribution in [2.75, 3.05) is 0 Å².